The van der Waals surface area contributed by atoms with Gasteiger partial charge in [0.2, 0.25) is 0 Å². The van der Waals surface area contributed by atoms with Gasteiger partial charge in [0.25, 0.3) is 0 Å². The molecule has 0 spiro atoms. The van der Waals surface area contributed by atoms with E-state index in [0.29, 0.717) is 0 Å². The summed E-state index contributed by atoms with van der Waals surface area (Å²) < 4.78 is 0. The molecule has 0 aliphatic carbocycles. The average molecular weight is 230 g/mol. The Balaban J connectivity index is 1.87. The van der Waals surface area contributed by atoms with Crippen LogP contribution in [-0.2, 0) is 6.42 Å². The van der Waals surface area contributed by atoms with Crippen molar-refractivity contribution in [2.75, 3.05) is 11.5 Å². The standard InChI is InChI=1S/C13H14N2S/c14-12-10-15-8-6-13(12)16-9-7-11-4-2-1-3-5-11/h1-6,8,10H,7,9,14H2. The second-order valence-corrected chi connectivity index (χ2v) is 4.63. The van der Waals surface area contributed by atoms with Crippen LogP contribution in [0, 0.1) is 0 Å². The summed E-state index contributed by atoms with van der Waals surface area (Å²) in [7, 11) is 0. The molecule has 0 atom stereocenters. The summed E-state index contributed by atoms with van der Waals surface area (Å²) >= 11 is 1.78. The number of hydrogen-bond acceptors (Lipinski definition) is 3. The van der Waals surface area contributed by atoms with Gasteiger partial charge in [-0.2, -0.15) is 0 Å². The van der Waals surface area contributed by atoms with Gasteiger partial charge in [0.15, 0.2) is 0 Å². The molecule has 0 amide bonds. The van der Waals surface area contributed by atoms with Gasteiger partial charge in [-0.05, 0) is 18.1 Å². The quantitative estimate of drug-likeness (QED) is 0.821. The third kappa shape index (κ3) is 3.00. The lowest BCUT2D eigenvalue weighted by Gasteiger charge is -2.04. The number of rotatable bonds is 4. The highest BCUT2D eigenvalue weighted by Gasteiger charge is 1.99. The molecule has 2 nitrogen and oxygen atoms in total. The molecule has 0 radical (unpaired) electrons. The number of pyridine rings is 1. The third-order valence-electron chi connectivity index (χ3n) is 2.30. The smallest absolute Gasteiger partial charge is 0.0638 e. The van der Waals surface area contributed by atoms with Gasteiger partial charge in [-0.3, -0.25) is 4.98 Å². The van der Waals surface area contributed by atoms with E-state index in [1.807, 2.05) is 12.1 Å². The lowest BCUT2D eigenvalue weighted by Crippen LogP contribution is -1.92. The second kappa shape index (κ2) is 5.56. The predicted octanol–water partition coefficient (Wildman–Crippen LogP) is 3.00. The normalized spacial score (nSPS) is 10.2. The molecule has 0 bridgehead atoms. The Morgan fingerprint density at radius 1 is 1.12 bits per heavy atom. The van der Waals surface area contributed by atoms with Crippen molar-refractivity contribution in [3.05, 3.63) is 54.4 Å². The Morgan fingerprint density at radius 3 is 2.69 bits per heavy atom. The van der Waals surface area contributed by atoms with E-state index in [0.717, 1.165) is 22.8 Å². The van der Waals surface area contributed by atoms with Crippen LogP contribution < -0.4 is 5.73 Å². The first-order valence-corrected chi connectivity index (χ1v) is 6.21. The molecule has 82 valence electrons. The molecule has 2 rings (SSSR count). The topological polar surface area (TPSA) is 38.9 Å². The molecule has 2 N–H and O–H groups in total. The summed E-state index contributed by atoms with van der Waals surface area (Å²) in [5, 5.41) is 0. The molecule has 3 heteroatoms. The number of hydrogen-bond donors (Lipinski definition) is 1. The molecule has 0 saturated carbocycles. The zero-order valence-corrected chi connectivity index (χ0v) is 9.78. The molecular weight excluding hydrogens is 216 g/mol. The monoisotopic (exact) mass is 230 g/mol. The largest absolute Gasteiger partial charge is 0.397 e. The fourth-order valence-corrected chi connectivity index (χ4v) is 2.38. The van der Waals surface area contributed by atoms with E-state index < -0.39 is 0 Å². The number of benzene rings is 1. The molecule has 2 aromatic rings. The van der Waals surface area contributed by atoms with Crippen molar-refractivity contribution in [3.8, 4) is 0 Å². The first kappa shape index (κ1) is 11.0. The van der Waals surface area contributed by atoms with E-state index in [9.17, 15) is 0 Å². The Hall–Kier alpha value is -1.48. The van der Waals surface area contributed by atoms with Crippen molar-refractivity contribution in [3.63, 3.8) is 0 Å². The van der Waals surface area contributed by atoms with Gasteiger partial charge in [-0.15, -0.1) is 11.8 Å². The van der Waals surface area contributed by atoms with Gasteiger partial charge in [0.05, 0.1) is 11.9 Å². The second-order valence-electron chi connectivity index (χ2n) is 3.50. The lowest BCUT2D eigenvalue weighted by atomic mass is 10.2. The summed E-state index contributed by atoms with van der Waals surface area (Å²) in [5.74, 6) is 1.04. The molecule has 0 fully saturated rings. The van der Waals surface area contributed by atoms with Crippen molar-refractivity contribution in [2.45, 2.75) is 11.3 Å². The molecule has 0 aliphatic heterocycles. The molecule has 1 aromatic heterocycles. The van der Waals surface area contributed by atoms with Crippen LogP contribution in [0.3, 0.4) is 0 Å². The third-order valence-corrected chi connectivity index (χ3v) is 3.39. The maximum atomic E-state index is 5.82. The Labute approximate surface area is 99.9 Å². The Morgan fingerprint density at radius 2 is 1.94 bits per heavy atom. The van der Waals surface area contributed by atoms with E-state index in [-0.39, 0.29) is 0 Å². The minimum atomic E-state index is 0.764. The fourth-order valence-electron chi connectivity index (χ4n) is 1.45. The summed E-state index contributed by atoms with van der Waals surface area (Å²) in [6, 6.07) is 12.4. The SMILES string of the molecule is Nc1cnccc1SCCc1ccccc1. The van der Waals surface area contributed by atoms with Gasteiger partial charge < -0.3 is 5.73 Å². The van der Waals surface area contributed by atoms with Crippen LogP contribution in [0.2, 0.25) is 0 Å². The number of nitrogens with two attached hydrogens (primary N) is 1. The zero-order valence-electron chi connectivity index (χ0n) is 8.97. The highest BCUT2D eigenvalue weighted by Crippen LogP contribution is 2.24. The number of nitrogen functional groups attached to an aromatic ring is 1. The van der Waals surface area contributed by atoms with E-state index in [1.165, 1.54) is 5.56 Å². The van der Waals surface area contributed by atoms with E-state index in [2.05, 4.69) is 29.2 Å². The maximum absolute atomic E-state index is 5.82. The highest BCUT2D eigenvalue weighted by atomic mass is 32.2. The van der Waals surface area contributed by atoms with Crippen molar-refractivity contribution in [1.82, 2.24) is 4.98 Å². The van der Waals surface area contributed by atoms with Crippen LogP contribution in [0.15, 0.2) is 53.7 Å². The van der Waals surface area contributed by atoms with Crippen LogP contribution in [0.5, 0.6) is 0 Å². The van der Waals surface area contributed by atoms with Crippen LogP contribution in [0.4, 0.5) is 5.69 Å². The highest BCUT2D eigenvalue weighted by molar-refractivity contribution is 7.99. The van der Waals surface area contributed by atoms with Crippen molar-refractivity contribution in [1.29, 1.82) is 0 Å². The van der Waals surface area contributed by atoms with Crippen LogP contribution in [-0.4, -0.2) is 10.7 Å². The predicted molar refractivity (Wildman–Crippen MR) is 69.5 cm³/mol. The molecular formula is C13H14N2S. The molecule has 0 saturated heterocycles. The summed E-state index contributed by atoms with van der Waals surface area (Å²) in [5.41, 5.74) is 7.94. The minimum Gasteiger partial charge on any atom is -0.397 e. The summed E-state index contributed by atoms with van der Waals surface area (Å²) in [6.45, 7) is 0. The molecule has 0 aliphatic rings. The van der Waals surface area contributed by atoms with Crippen molar-refractivity contribution in [2.24, 2.45) is 0 Å². The lowest BCUT2D eigenvalue weighted by molar-refractivity contribution is 1.15. The number of thioether (sulfide) groups is 1. The van der Waals surface area contributed by atoms with Gasteiger partial charge in [-0.25, -0.2) is 0 Å². The Kier molecular flexibility index (Phi) is 3.83. The average Bonchev–Trinajstić information content (AvgIpc) is 2.33. The molecule has 1 aromatic carbocycles. The zero-order chi connectivity index (χ0) is 11.2. The van der Waals surface area contributed by atoms with Gasteiger partial charge >= 0.3 is 0 Å². The van der Waals surface area contributed by atoms with Gasteiger partial charge in [0, 0.05) is 16.8 Å². The Bertz CT molecular complexity index is 443. The summed E-state index contributed by atoms with van der Waals surface area (Å²) in [6.07, 6.45) is 4.54. The van der Waals surface area contributed by atoms with Crippen LogP contribution in [0.25, 0.3) is 0 Å². The maximum Gasteiger partial charge on any atom is 0.0638 e. The summed E-state index contributed by atoms with van der Waals surface area (Å²) in [4.78, 5) is 5.09. The van der Waals surface area contributed by atoms with E-state index in [4.69, 9.17) is 5.73 Å². The molecule has 16 heavy (non-hydrogen) atoms. The minimum absolute atomic E-state index is 0.764. The number of anilines is 1. The number of nitrogens with zero attached hydrogens (tertiary/aromatic N) is 1. The van der Waals surface area contributed by atoms with Crippen molar-refractivity contribution < 1.29 is 0 Å². The number of aryl methyl sites for hydroxylation is 1. The molecule has 0 unspecified atom stereocenters. The molecule has 1 heterocycles. The first-order valence-electron chi connectivity index (χ1n) is 5.22. The van der Waals surface area contributed by atoms with Crippen molar-refractivity contribution >= 4 is 17.4 Å². The number of aromatic nitrogens is 1. The van der Waals surface area contributed by atoms with E-state index >= 15 is 0 Å². The van der Waals surface area contributed by atoms with Gasteiger partial charge in [-0.1, -0.05) is 30.3 Å². The fraction of sp³-hybridized carbons (Fsp3) is 0.154. The first-order chi connectivity index (χ1) is 7.86. The van der Waals surface area contributed by atoms with E-state index in [1.54, 1.807) is 24.2 Å². The van der Waals surface area contributed by atoms with Gasteiger partial charge in [0.1, 0.15) is 0 Å². The van der Waals surface area contributed by atoms with Crippen LogP contribution >= 0.6 is 11.8 Å². The van der Waals surface area contributed by atoms with Crippen LogP contribution in [0.1, 0.15) is 5.56 Å².